The SMILES string of the molecule is CCCCCCCCCCCCCCCC/C=C/CC/C=C/CCCC(=O)OC[C@@H](COP(=O)(O)OCC[N+](C)(C)C)OC(=O)CCCCCCCCC. The van der Waals surface area contributed by atoms with Crippen LogP contribution in [-0.2, 0) is 32.7 Å². The van der Waals surface area contributed by atoms with E-state index in [1.165, 1.54) is 116 Å². The lowest BCUT2D eigenvalue weighted by Crippen LogP contribution is -2.37. The monoisotopic (exact) mass is 787 g/mol. The van der Waals surface area contributed by atoms with Gasteiger partial charge in [-0.3, -0.25) is 18.6 Å². The van der Waals surface area contributed by atoms with Crippen molar-refractivity contribution in [2.75, 3.05) is 47.5 Å². The van der Waals surface area contributed by atoms with Gasteiger partial charge >= 0.3 is 19.8 Å². The number of phosphoric acid groups is 1. The van der Waals surface area contributed by atoms with Gasteiger partial charge in [-0.25, -0.2) is 4.57 Å². The molecule has 1 unspecified atom stereocenters. The van der Waals surface area contributed by atoms with Crippen molar-refractivity contribution in [1.82, 2.24) is 0 Å². The van der Waals surface area contributed by atoms with Crippen molar-refractivity contribution in [3.63, 3.8) is 0 Å². The van der Waals surface area contributed by atoms with E-state index in [1.54, 1.807) is 0 Å². The number of quaternary nitrogens is 1. The van der Waals surface area contributed by atoms with Crippen molar-refractivity contribution in [2.45, 2.75) is 200 Å². The second-order valence-corrected chi connectivity index (χ2v) is 17.5. The highest BCUT2D eigenvalue weighted by Crippen LogP contribution is 2.43. The van der Waals surface area contributed by atoms with Gasteiger partial charge in [0.25, 0.3) is 0 Å². The van der Waals surface area contributed by atoms with Gasteiger partial charge in [-0.15, -0.1) is 0 Å². The molecule has 0 aromatic carbocycles. The van der Waals surface area contributed by atoms with E-state index in [0.29, 0.717) is 23.9 Å². The molecule has 10 heteroatoms. The van der Waals surface area contributed by atoms with E-state index in [-0.39, 0.29) is 26.1 Å². The lowest BCUT2D eigenvalue weighted by molar-refractivity contribution is -0.870. The quantitative estimate of drug-likeness (QED) is 0.0215. The van der Waals surface area contributed by atoms with Crippen molar-refractivity contribution in [2.24, 2.45) is 0 Å². The molecule has 0 aliphatic rings. The first-order valence-electron chi connectivity index (χ1n) is 22.1. The van der Waals surface area contributed by atoms with Crippen LogP contribution in [0.4, 0.5) is 0 Å². The van der Waals surface area contributed by atoms with E-state index in [4.69, 9.17) is 18.5 Å². The smallest absolute Gasteiger partial charge is 0.462 e. The Kier molecular flexibility index (Phi) is 36.1. The number of unbranched alkanes of at least 4 members (excludes halogenated alkanes) is 22. The third-order valence-electron chi connectivity index (χ3n) is 9.46. The number of esters is 2. The van der Waals surface area contributed by atoms with Gasteiger partial charge in [0.2, 0.25) is 0 Å². The maximum Gasteiger partial charge on any atom is 0.472 e. The van der Waals surface area contributed by atoms with Gasteiger partial charge in [0, 0.05) is 12.8 Å². The molecule has 0 amide bonds. The molecule has 0 rings (SSSR count). The maximum atomic E-state index is 12.5. The van der Waals surface area contributed by atoms with E-state index >= 15 is 0 Å². The maximum absolute atomic E-state index is 12.5. The van der Waals surface area contributed by atoms with Crippen LogP contribution in [0.25, 0.3) is 0 Å². The number of rotatable bonds is 40. The minimum absolute atomic E-state index is 0.0275. The molecular formula is C44H85NO8P+. The fourth-order valence-electron chi connectivity index (χ4n) is 5.97. The zero-order chi connectivity index (χ0) is 40.0. The molecule has 0 fully saturated rings. The van der Waals surface area contributed by atoms with Crippen molar-refractivity contribution >= 4 is 19.8 Å². The summed E-state index contributed by atoms with van der Waals surface area (Å²) in [6.07, 6.45) is 39.9. The minimum Gasteiger partial charge on any atom is -0.462 e. The second-order valence-electron chi connectivity index (χ2n) is 16.1. The highest BCUT2D eigenvalue weighted by atomic mass is 31.2. The Bertz CT molecular complexity index is 980. The average Bonchev–Trinajstić information content (AvgIpc) is 3.12. The highest BCUT2D eigenvalue weighted by molar-refractivity contribution is 7.47. The van der Waals surface area contributed by atoms with Gasteiger partial charge in [0.05, 0.1) is 27.7 Å². The number of allylic oxidation sites excluding steroid dienone is 4. The van der Waals surface area contributed by atoms with Crippen LogP contribution in [0.15, 0.2) is 24.3 Å². The molecule has 54 heavy (non-hydrogen) atoms. The van der Waals surface area contributed by atoms with Crippen LogP contribution in [-0.4, -0.2) is 74.9 Å². The molecule has 0 aliphatic heterocycles. The molecule has 2 atom stereocenters. The number of carbonyl (C=O) groups is 2. The van der Waals surface area contributed by atoms with Crippen molar-refractivity contribution in [3.8, 4) is 0 Å². The molecule has 1 N–H and O–H groups in total. The zero-order valence-corrected chi connectivity index (χ0v) is 36.6. The molecule has 0 aromatic rings. The van der Waals surface area contributed by atoms with Crippen molar-refractivity contribution < 1.29 is 42.1 Å². The van der Waals surface area contributed by atoms with Crippen LogP contribution in [0.2, 0.25) is 0 Å². The van der Waals surface area contributed by atoms with Gasteiger partial charge in [-0.05, 0) is 44.9 Å². The first-order valence-corrected chi connectivity index (χ1v) is 23.6. The van der Waals surface area contributed by atoms with E-state index in [1.807, 2.05) is 21.1 Å². The van der Waals surface area contributed by atoms with E-state index in [2.05, 4.69) is 38.2 Å². The summed E-state index contributed by atoms with van der Waals surface area (Å²) >= 11 is 0. The Labute approximate surface area is 332 Å². The van der Waals surface area contributed by atoms with Crippen molar-refractivity contribution in [3.05, 3.63) is 24.3 Å². The molecule has 0 heterocycles. The summed E-state index contributed by atoms with van der Waals surface area (Å²) in [7, 11) is 1.46. The Morgan fingerprint density at radius 3 is 1.48 bits per heavy atom. The molecule has 0 spiro atoms. The predicted molar refractivity (Wildman–Crippen MR) is 224 cm³/mol. The molecular weight excluding hydrogens is 701 g/mol. The second kappa shape index (κ2) is 37.1. The van der Waals surface area contributed by atoms with Crippen LogP contribution < -0.4 is 0 Å². The summed E-state index contributed by atoms with van der Waals surface area (Å²) in [6, 6.07) is 0. The number of phosphoric ester groups is 1. The Hall–Kier alpha value is -1.51. The predicted octanol–water partition coefficient (Wildman–Crippen LogP) is 12.4. The topological polar surface area (TPSA) is 108 Å². The lowest BCUT2D eigenvalue weighted by Gasteiger charge is -2.24. The normalized spacial score (nSPS) is 13.8. The molecule has 318 valence electrons. The van der Waals surface area contributed by atoms with E-state index in [0.717, 1.165) is 38.5 Å². The summed E-state index contributed by atoms with van der Waals surface area (Å²) < 4.78 is 34.1. The van der Waals surface area contributed by atoms with Crippen LogP contribution >= 0.6 is 7.82 Å². The van der Waals surface area contributed by atoms with E-state index in [9.17, 15) is 19.0 Å². The molecule has 0 saturated heterocycles. The average molecular weight is 787 g/mol. The highest BCUT2D eigenvalue weighted by Gasteiger charge is 2.27. The van der Waals surface area contributed by atoms with Gasteiger partial charge in [-0.1, -0.05) is 160 Å². The number of ether oxygens (including phenoxy) is 2. The van der Waals surface area contributed by atoms with Crippen LogP contribution in [0.1, 0.15) is 194 Å². The third-order valence-corrected chi connectivity index (χ3v) is 10.4. The molecule has 0 radical (unpaired) electrons. The van der Waals surface area contributed by atoms with Crippen LogP contribution in [0.5, 0.6) is 0 Å². The number of hydrogen-bond donors (Lipinski definition) is 1. The fourth-order valence-corrected chi connectivity index (χ4v) is 6.72. The largest absolute Gasteiger partial charge is 0.472 e. The summed E-state index contributed by atoms with van der Waals surface area (Å²) in [4.78, 5) is 35.1. The van der Waals surface area contributed by atoms with Gasteiger partial charge in [0.1, 0.15) is 19.8 Å². The summed E-state index contributed by atoms with van der Waals surface area (Å²) in [6.45, 7) is 4.34. The third kappa shape index (κ3) is 40.2. The number of carbonyl (C=O) groups excluding carboxylic acids is 2. The lowest BCUT2D eigenvalue weighted by atomic mass is 10.0. The summed E-state index contributed by atoms with van der Waals surface area (Å²) in [5, 5.41) is 0. The van der Waals surface area contributed by atoms with Gasteiger partial charge in [-0.2, -0.15) is 0 Å². The van der Waals surface area contributed by atoms with Gasteiger partial charge < -0.3 is 18.9 Å². The molecule has 0 aliphatic carbocycles. The van der Waals surface area contributed by atoms with Gasteiger partial charge in [0.15, 0.2) is 6.10 Å². The molecule has 9 nitrogen and oxygen atoms in total. The Balaban J connectivity index is 4.18. The van der Waals surface area contributed by atoms with Crippen LogP contribution in [0, 0.1) is 0 Å². The molecule has 0 bridgehead atoms. The summed E-state index contributed by atoms with van der Waals surface area (Å²) in [5.74, 6) is -0.851. The molecule has 0 saturated carbocycles. The molecule has 0 aromatic heterocycles. The first-order chi connectivity index (χ1) is 26.0. The summed E-state index contributed by atoms with van der Waals surface area (Å²) in [5.41, 5.74) is 0. The number of nitrogens with zero attached hydrogens (tertiary/aromatic N) is 1. The zero-order valence-electron chi connectivity index (χ0n) is 35.7. The van der Waals surface area contributed by atoms with E-state index < -0.39 is 32.5 Å². The standard InChI is InChI=1S/C44H84NO8P/c1-6-8-10-12-14-15-16-17-18-19-20-21-22-23-24-25-26-27-28-29-31-32-34-36-43(46)50-40-42(41-52-54(48,49)51-39-38-45(3,4)5)53-44(47)37-35-33-30-13-11-9-7-2/h25-26,29,31,42H,6-24,27-28,30,32-41H2,1-5H3/p+1/b26-25+,31-29+/t42-/m0/s1. The number of likely N-dealkylation sites (N-methyl/N-ethyl adjacent to an activating group) is 1. The Morgan fingerprint density at radius 1 is 0.556 bits per heavy atom. The first kappa shape index (κ1) is 52.5. The minimum atomic E-state index is -4.37. The fraction of sp³-hybridized carbons (Fsp3) is 0.864. The Morgan fingerprint density at radius 2 is 0.981 bits per heavy atom. The van der Waals surface area contributed by atoms with Crippen LogP contribution in [0.3, 0.4) is 0 Å². The van der Waals surface area contributed by atoms with Crippen molar-refractivity contribution in [1.29, 1.82) is 0 Å². The number of hydrogen-bond acceptors (Lipinski definition) is 7.